The Morgan fingerprint density at radius 3 is 2.43 bits per heavy atom. The van der Waals surface area contributed by atoms with Crippen molar-refractivity contribution in [3.63, 3.8) is 0 Å². The van der Waals surface area contributed by atoms with Crippen LogP contribution in [0, 0.1) is 23.2 Å². The first kappa shape index (κ1) is 26.8. The maximum atomic E-state index is 10.4. The van der Waals surface area contributed by atoms with Gasteiger partial charge in [-0.05, 0) is 58.4 Å². The van der Waals surface area contributed by atoms with E-state index in [-0.39, 0.29) is 6.73 Å². The highest BCUT2D eigenvalue weighted by Gasteiger charge is 2.21. The number of nitriles is 1. The Labute approximate surface area is 208 Å². The lowest BCUT2D eigenvalue weighted by Crippen LogP contribution is -2.25. The Balaban J connectivity index is 2.05. The number of hydrogen-bond acceptors (Lipinski definition) is 6. The zero-order valence-corrected chi connectivity index (χ0v) is 22.4. The van der Waals surface area contributed by atoms with Crippen LogP contribution in [0.3, 0.4) is 0 Å². The van der Waals surface area contributed by atoms with Gasteiger partial charge < -0.3 is 19.5 Å². The minimum atomic E-state index is -1.14. The molecule has 8 nitrogen and oxygen atoms in total. The number of rotatable bonds is 8. The van der Waals surface area contributed by atoms with Gasteiger partial charge in [0.15, 0.2) is 5.69 Å². The van der Waals surface area contributed by atoms with Gasteiger partial charge in [0.1, 0.15) is 24.1 Å². The Morgan fingerprint density at radius 2 is 1.83 bits per heavy atom. The van der Waals surface area contributed by atoms with Crippen LogP contribution in [0.2, 0.25) is 0 Å². The highest BCUT2D eigenvalue weighted by molar-refractivity contribution is 8.32. The molecule has 0 atom stereocenters. The molecule has 0 aliphatic carbocycles. The van der Waals surface area contributed by atoms with E-state index in [1.165, 1.54) is 0 Å². The van der Waals surface area contributed by atoms with Crippen molar-refractivity contribution in [1.29, 1.82) is 5.26 Å². The molecule has 0 amide bonds. The minimum Gasteiger partial charge on any atom is -0.389 e. The van der Waals surface area contributed by atoms with E-state index in [1.807, 2.05) is 23.0 Å². The summed E-state index contributed by atoms with van der Waals surface area (Å²) in [5.74, 6) is 6.70. The molecule has 9 heteroatoms. The van der Waals surface area contributed by atoms with E-state index in [9.17, 15) is 15.5 Å². The fraction of sp³-hybridized carbons (Fsp3) is 0.500. The molecule has 0 radical (unpaired) electrons. The van der Waals surface area contributed by atoms with Crippen LogP contribution in [0.4, 0.5) is 0 Å². The number of aromatic nitrogens is 4. The minimum absolute atomic E-state index is 0.260. The molecule has 0 spiro atoms. The maximum Gasteiger partial charge on any atom is 0.170 e. The molecule has 0 saturated heterocycles. The molecular weight excluding hydrogens is 462 g/mol. The van der Waals surface area contributed by atoms with Gasteiger partial charge in [0.05, 0.1) is 30.5 Å². The van der Waals surface area contributed by atoms with Crippen molar-refractivity contribution in [2.45, 2.75) is 52.2 Å². The number of pyridine rings is 1. The fourth-order valence-electron chi connectivity index (χ4n) is 3.47. The lowest BCUT2D eigenvalue weighted by molar-refractivity contribution is 0.0628. The van der Waals surface area contributed by atoms with Gasteiger partial charge in [-0.25, -0.2) is 19.7 Å². The van der Waals surface area contributed by atoms with E-state index in [2.05, 4.69) is 46.8 Å². The fourth-order valence-corrected chi connectivity index (χ4v) is 4.09. The van der Waals surface area contributed by atoms with Crippen molar-refractivity contribution in [1.82, 2.24) is 19.3 Å². The van der Waals surface area contributed by atoms with E-state index < -0.39 is 21.2 Å². The summed E-state index contributed by atoms with van der Waals surface area (Å²) < 4.78 is 9.37. The van der Waals surface area contributed by atoms with Crippen LogP contribution in [-0.2, 0) is 18.0 Å². The van der Waals surface area contributed by atoms with Crippen LogP contribution in [0.1, 0.15) is 39.1 Å². The average Bonchev–Trinajstić information content (AvgIpc) is 3.28. The molecule has 0 saturated carbocycles. The molecular formula is C26H35N5O3S. The van der Waals surface area contributed by atoms with Gasteiger partial charge >= 0.3 is 0 Å². The summed E-state index contributed by atoms with van der Waals surface area (Å²) in [6.07, 6.45) is 12.2. The van der Waals surface area contributed by atoms with Gasteiger partial charge in [-0.2, -0.15) is 10.4 Å². The molecule has 3 rings (SSSR count). The molecule has 0 bridgehead atoms. The Hall–Kier alpha value is -2.82. The average molecular weight is 498 g/mol. The number of fused-ring (bicyclic) bond motifs is 1. The molecule has 0 aliphatic heterocycles. The Kier molecular flexibility index (Phi) is 7.68. The normalized spacial score (nSPS) is 12.9. The van der Waals surface area contributed by atoms with Crippen LogP contribution in [0.25, 0.3) is 22.0 Å². The third kappa shape index (κ3) is 7.58. The summed E-state index contributed by atoms with van der Waals surface area (Å²) >= 11 is 0. The molecule has 0 unspecified atom stereocenters. The van der Waals surface area contributed by atoms with Crippen LogP contribution >= 0.6 is 10.0 Å². The molecule has 35 heavy (non-hydrogen) atoms. The second-order valence-corrected chi connectivity index (χ2v) is 15.3. The summed E-state index contributed by atoms with van der Waals surface area (Å²) in [6, 6.07) is 4.03. The van der Waals surface area contributed by atoms with E-state index in [0.717, 1.165) is 22.2 Å². The maximum absolute atomic E-state index is 10.4. The molecule has 0 aliphatic rings. The number of ether oxygens (including phenoxy) is 1. The summed E-state index contributed by atoms with van der Waals surface area (Å²) in [5, 5.41) is 35.5. The van der Waals surface area contributed by atoms with Crippen molar-refractivity contribution < 1.29 is 14.9 Å². The lowest BCUT2D eigenvalue weighted by atomic mass is 10.1. The number of hydrogen-bond donors (Lipinski definition) is 2. The molecule has 3 aromatic heterocycles. The van der Waals surface area contributed by atoms with Crippen LogP contribution in [0.15, 0.2) is 24.7 Å². The van der Waals surface area contributed by atoms with Gasteiger partial charge in [-0.1, -0.05) is 5.92 Å². The number of nitrogens with zero attached hydrogens (tertiary/aromatic N) is 5. The van der Waals surface area contributed by atoms with Gasteiger partial charge in [0.25, 0.3) is 0 Å². The monoisotopic (exact) mass is 497 g/mol. The third-order valence-electron chi connectivity index (χ3n) is 5.04. The van der Waals surface area contributed by atoms with Crippen LogP contribution in [0.5, 0.6) is 0 Å². The van der Waals surface area contributed by atoms with Crippen LogP contribution < -0.4 is 0 Å². The second kappa shape index (κ2) is 10.0. The standard InChI is InChI=1S/C26H35N5O3S/c1-25(2,32)9-8-19-12-20-21(15-30(17-26(3,4)33)24(20)14-28-19)22-16-31(29-23(22)13-27)18-34-10-11-35(5,6)7/h12,14-16,32-33H,10-11,17-18H2,1-7H3. The molecule has 2 N–H and O–H groups in total. The highest BCUT2D eigenvalue weighted by atomic mass is 32.3. The third-order valence-corrected chi connectivity index (χ3v) is 6.43. The quantitative estimate of drug-likeness (QED) is 0.365. The largest absolute Gasteiger partial charge is 0.389 e. The van der Waals surface area contributed by atoms with Crippen molar-refractivity contribution in [2.24, 2.45) is 0 Å². The van der Waals surface area contributed by atoms with Gasteiger partial charge in [-0.3, -0.25) is 0 Å². The second-order valence-electron chi connectivity index (χ2n) is 10.8. The van der Waals surface area contributed by atoms with E-state index >= 15 is 0 Å². The molecule has 0 aromatic carbocycles. The molecule has 188 valence electrons. The number of aliphatic hydroxyl groups is 2. The van der Waals surface area contributed by atoms with Gasteiger partial charge in [0, 0.05) is 34.7 Å². The van der Waals surface area contributed by atoms with Crippen LogP contribution in [-0.4, -0.2) is 71.9 Å². The first-order chi connectivity index (χ1) is 16.1. The SMILES string of the molecule is CC(C)(O)C#Cc1cc2c(-c3cn(COCCS(C)(C)C)nc3C#N)cn(CC(C)(C)O)c2cn1. The van der Waals surface area contributed by atoms with Crippen molar-refractivity contribution in [3.8, 4) is 29.0 Å². The molecule has 0 fully saturated rings. The topological polar surface area (TPSA) is 109 Å². The van der Waals surface area contributed by atoms with Gasteiger partial charge in [0.2, 0.25) is 0 Å². The van der Waals surface area contributed by atoms with Crippen molar-refractivity contribution in [2.75, 3.05) is 31.1 Å². The predicted octanol–water partition coefficient (Wildman–Crippen LogP) is 3.33. The predicted molar refractivity (Wildman–Crippen MR) is 141 cm³/mol. The van der Waals surface area contributed by atoms with Gasteiger partial charge in [-0.15, -0.1) is 0 Å². The Morgan fingerprint density at radius 1 is 1.11 bits per heavy atom. The van der Waals surface area contributed by atoms with E-state index in [0.29, 0.717) is 30.1 Å². The lowest BCUT2D eigenvalue weighted by Gasteiger charge is -2.24. The summed E-state index contributed by atoms with van der Waals surface area (Å²) in [5.41, 5.74) is 0.963. The van der Waals surface area contributed by atoms with Crippen molar-refractivity contribution in [3.05, 3.63) is 36.0 Å². The molecule has 3 heterocycles. The summed E-state index contributed by atoms with van der Waals surface area (Å²) in [7, 11) is -0.647. The summed E-state index contributed by atoms with van der Waals surface area (Å²) in [4.78, 5) is 4.43. The van der Waals surface area contributed by atoms with E-state index in [4.69, 9.17) is 4.74 Å². The smallest absolute Gasteiger partial charge is 0.170 e. The summed E-state index contributed by atoms with van der Waals surface area (Å²) in [6.45, 7) is 7.94. The first-order valence-electron chi connectivity index (χ1n) is 11.3. The van der Waals surface area contributed by atoms with Crippen molar-refractivity contribution >= 4 is 20.9 Å². The zero-order chi connectivity index (χ0) is 26.0. The highest BCUT2D eigenvalue weighted by Crippen LogP contribution is 2.34. The Bertz CT molecular complexity index is 1300. The molecule has 3 aromatic rings. The first-order valence-corrected chi connectivity index (χ1v) is 14.4. The zero-order valence-electron chi connectivity index (χ0n) is 21.6. The van der Waals surface area contributed by atoms with E-state index in [1.54, 1.807) is 38.6 Å².